The fourth-order valence-corrected chi connectivity index (χ4v) is 9.38. The third kappa shape index (κ3) is 10.4. The standard InChI is InChI=1S/C31H23N3O4S.C24H19N3O3S/c35-28(36)27(34-38-29(37)22-13-5-1-6-14-22)26-21-39-30(32-26)33-31(23-15-7-2-8-16-23,24-17-9-3-10-18-24)25-19-11-4-12-20-25;28-22(29)21(27-30)20-16-31-23(25-20)26-24(17-10-4-1-5-11-17,18-12-6-2-7-13-18)19-14-8-3-9-15-19/h1-21H,(H,32,33)(H,35,36);1-16,30H,(H,25,26)(H,28,29). The third-order valence-corrected chi connectivity index (χ3v) is 12.6. The van der Waals surface area contributed by atoms with Crippen LogP contribution in [-0.4, -0.2) is 54.7 Å². The lowest BCUT2D eigenvalue weighted by Crippen LogP contribution is -2.38. The van der Waals surface area contributed by atoms with Crippen LogP contribution in [0.4, 0.5) is 10.3 Å². The van der Waals surface area contributed by atoms with Crippen molar-refractivity contribution in [1.29, 1.82) is 0 Å². The van der Waals surface area contributed by atoms with E-state index in [2.05, 4.69) is 30.9 Å². The summed E-state index contributed by atoms with van der Waals surface area (Å²) in [6.45, 7) is 0. The van der Waals surface area contributed by atoms with Gasteiger partial charge in [0.05, 0.1) is 5.56 Å². The van der Waals surface area contributed by atoms with Crippen molar-refractivity contribution in [3.8, 4) is 0 Å². The highest BCUT2D eigenvalue weighted by Crippen LogP contribution is 2.42. The van der Waals surface area contributed by atoms with Crippen molar-refractivity contribution in [3.63, 3.8) is 0 Å². The van der Waals surface area contributed by atoms with Gasteiger partial charge >= 0.3 is 17.9 Å². The van der Waals surface area contributed by atoms with Crippen molar-refractivity contribution >= 4 is 62.3 Å². The Hall–Kier alpha value is -9.05. The van der Waals surface area contributed by atoms with E-state index in [1.54, 1.807) is 41.1 Å². The number of hydrogen-bond donors (Lipinski definition) is 5. The van der Waals surface area contributed by atoms with Gasteiger partial charge in [-0.25, -0.2) is 24.4 Å². The van der Waals surface area contributed by atoms with Gasteiger partial charge < -0.3 is 30.9 Å². The number of rotatable bonds is 16. The highest BCUT2D eigenvalue weighted by molar-refractivity contribution is 7.14. The number of carboxylic acid groups (broad SMARTS) is 2. The summed E-state index contributed by atoms with van der Waals surface area (Å²) in [5.74, 6) is -3.48. The molecule has 346 valence electrons. The van der Waals surface area contributed by atoms with Gasteiger partial charge in [-0.3, -0.25) is 0 Å². The Balaban J connectivity index is 0.000000193. The lowest BCUT2D eigenvalue weighted by Gasteiger charge is -2.36. The molecule has 0 radical (unpaired) electrons. The highest BCUT2D eigenvalue weighted by Gasteiger charge is 2.39. The predicted molar refractivity (Wildman–Crippen MR) is 272 cm³/mol. The number of carboxylic acids is 2. The normalized spacial score (nSPS) is 11.7. The molecule has 0 aliphatic rings. The summed E-state index contributed by atoms with van der Waals surface area (Å²) in [6.07, 6.45) is 0. The number of anilines is 2. The van der Waals surface area contributed by atoms with Crippen LogP contribution in [0.15, 0.2) is 233 Å². The molecular weight excluding hydrogens is 921 g/mol. The number of oxime groups is 2. The van der Waals surface area contributed by atoms with Gasteiger partial charge in [0.2, 0.25) is 11.4 Å². The molecule has 7 aromatic carbocycles. The first kappa shape index (κ1) is 47.4. The fraction of sp³-hybridized carbons (Fsp3) is 0.0364. The zero-order valence-corrected chi connectivity index (χ0v) is 38.6. The van der Waals surface area contributed by atoms with Crippen LogP contribution in [0.5, 0.6) is 0 Å². The van der Waals surface area contributed by atoms with E-state index in [1.807, 2.05) is 182 Å². The molecule has 0 unspecified atom stereocenters. The fourth-order valence-electron chi connectivity index (χ4n) is 7.88. The molecule has 5 N–H and O–H groups in total. The average molecular weight is 963 g/mol. The summed E-state index contributed by atoms with van der Waals surface area (Å²) in [4.78, 5) is 49.6. The summed E-state index contributed by atoms with van der Waals surface area (Å²) in [6, 6.07) is 68.1. The summed E-state index contributed by atoms with van der Waals surface area (Å²) < 4.78 is 0. The van der Waals surface area contributed by atoms with Gasteiger partial charge in [0.1, 0.15) is 22.5 Å². The molecular formula is C55H42N6O7S2. The molecule has 0 fully saturated rings. The Morgan fingerprint density at radius 3 is 1.01 bits per heavy atom. The first-order valence-corrected chi connectivity index (χ1v) is 23.3. The monoisotopic (exact) mass is 962 g/mol. The van der Waals surface area contributed by atoms with Crippen molar-refractivity contribution in [2.75, 3.05) is 10.6 Å². The number of nitrogens with zero attached hydrogens (tertiary/aromatic N) is 4. The van der Waals surface area contributed by atoms with Crippen LogP contribution in [0.25, 0.3) is 0 Å². The molecule has 0 amide bonds. The van der Waals surface area contributed by atoms with Crippen molar-refractivity contribution < 1.29 is 34.6 Å². The largest absolute Gasteiger partial charge is 0.476 e. The Morgan fingerprint density at radius 2 is 0.729 bits per heavy atom. The number of nitrogens with one attached hydrogen (secondary N) is 2. The van der Waals surface area contributed by atoms with E-state index >= 15 is 0 Å². The van der Waals surface area contributed by atoms with Crippen LogP contribution in [0.2, 0.25) is 0 Å². The molecule has 9 rings (SSSR count). The minimum atomic E-state index is -1.37. The molecule has 15 heteroatoms. The van der Waals surface area contributed by atoms with Crippen LogP contribution in [0.1, 0.15) is 55.1 Å². The zero-order chi connectivity index (χ0) is 48.8. The summed E-state index contributed by atoms with van der Waals surface area (Å²) in [5, 5.41) is 45.9. The van der Waals surface area contributed by atoms with E-state index in [1.165, 1.54) is 22.7 Å². The molecule has 70 heavy (non-hydrogen) atoms. The van der Waals surface area contributed by atoms with E-state index in [0.29, 0.717) is 10.3 Å². The van der Waals surface area contributed by atoms with Gasteiger partial charge in [-0.1, -0.05) is 211 Å². The van der Waals surface area contributed by atoms with E-state index in [0.717, 1.165) is 33.4 Å². The molecule has 9 aromatic rings. The second-order valence-corrected chi connectivity index (χ2v) is 17.0. The second kappa shape index (κ2) is 22.2. The SMILES string of the molecule is O=C(O)C(=NO)c1csc(NC(c2ccccc2)(c2ccccc2)c2ccccc2)n1.O=C(O)C(=NOC(=O)c1ccccc1)c1csc(NC(c2ccccc2)(c2ccccc2)c2ccccc2)n1. The third-order valence-electron chi connectivity index (χ3n) is 11.1. The van der Waals surface area contributed by atoms with Gasteiger partial charge in [-0.15, -0.1) is 22.7 Å². The summed E-state index contributed by atoms with van der Waals surface area (Å²) in [7, 11) is 0. The van der Waals surface area contributed by atoms with Crippen molar-refractivity contribution in [2.24, 2.45) is 10.3 Å². The smallest absolute Gasteiger partial charge is 0.365 e. The van der Waals surface area contributed by atoms with Crippen LogP contribution in [0.3, 0.4) is 0 Å². The molecule has 0 aliphatic heterocycles. The van der Waals surface area contributed by atoms with Crippen molar-refractivity contribution in [1.82, 2.24) is 9.97 Å². The first-order valence-electron chi connectivity index (χ1n) is 21.6. The quantitative estimate of drug-likeness (QED) is 0.0203. The maximum absolute atomic E-state index is 12.3. The van der Waals surface area contributed by atoms with Crippen LogP contribution in [0, 0.1) is 0 Å². The topological polar surface area (TPSA) is 196 Å². The van der Waals surface area contributed by atoms with Gasteiger partial charge in [-0.05, 0) is 45.5 Å². The molecule has 0 aliphatic carbocycles. The molecule has 13 nitrogen and oxygen atoms in total. The Bertz CT molecular complexity index is 3020. The molecule has 0 saturated carbocycles. The van der Waals surface area contributed by atoms with Gasteiger partial charge in [0.25, 0.3) is 0 Å². The number of thiazole rings is 2. The van der Waals surface area contributed by atoms with Crippen molar-refractivity contribution in [3.05, 3.63) is 273 Å². The van der Waals surface area contributed by atoms with Gasteiger partial charge in [0.15, 0.2) is 10.3 Å². The zero-order valence-electron chi connectivity index (χ0n) is 36.9. The first-order chi connectivity index (χ1) is 34.2. The summed E-state index contributed by atoms with van der Waals surface area (Å²) >= 11 is 2.47. The van der Waals surface area contributed by atoms with E-state index in [9.17, 15) is 24.6 Å². The minimum absolute atomic E-state index is 0.0685. The number of carbonyl (C=O) groups excluding carboxylic acids is 1. The Kier molecular flexibility index (Phi) is 15.0. The number of carbonyl (C=O) groups is 3. The van der Waals surface area contributed by atoms with E-state index in [4.69, 9.17) is 10.0 Å². The molecule has 2 heterocycles. The lowest BCUT2D eigenvalue weighted by atomic mass is 9.77. The average Bonchev–Trinajstić information content (AvgIpc) is 4.08. The Labute approximate surface area is 410 Å². The van der Waals surface area contributed by atoms with Crippen LogP contribution >= 0.6 is 22.7 Å². The van der Waals surface area contributed by atoms with E-state index < -0.39 is 40.4 Å². The maximum Gasteiger partial charge on any atom is 0.365 e. The predicted octanol–water partition coefficient (Wildman–Crippen LogP) is 11.0. The second-order valence-electron chi connectivity index (χ2n) is 15.3. The molecule has 0 saturated heterocycles. The Morgan fingerprint density at radius 1 is 0.443 bits per heavy atom. The van der Waals surface area contributed by atoms with Crippen molar-refractivity contribution in [2.45, 2.75) is 11.1 Å². The number of aromatic nitrogens is 2. The highest BCUT2D eigenvalue weighted by atomic mass is 32.1. The molecule has 0 atom stereocenters. The lowest BCUT2D eigenvalue weighted by molar-refractivity contribution is -0.130. The number of aliphatic carboxylic acids is 2. The molecule has 0 spiro atoms. The number of benzene rings is 7. The van der Waals surface area contributed by atoms with Gasteiger partial charge in [-0.2, -0.15) is 0 Å². The number of hydrogen-bond acceptors (Lipinski definition) is 13. The maximum atomic E-state index is 12.3. The van der Waals surface area contributed by atoms with Crippen LogP contribution < -0.4 is 10.6 Å². The van der Waals surface area contributed by atoms with Crippen LogP contribution in [-0.2, 0) is 25.5 Å². The molecule has 2 aromatic heterocycles. The summed E-state index contributed by atoms with van der Waals surface area (Å²) in [5.41, 5.74) is 3.74. The minimum Gasteiger partial charge on any atom is -0.476 e. The molecule has 0 bridgehead atoms. The van der Waals surface area contributed by atoms with E-state index in [-0.39, 0.29) is 17.0 Å². The van der Waals surface area contributed by atoms with Gasteiger partial charge in [0, 0.05) is 10.8 Å².